The first kappa shape index (κ1) is 11.1. The minimum absolute atomic E-state index is 0.0876. The summed E-state index contributed by atoms with van der Waals surface area (Å²) >= 11 is 4.32. The van der Waals surface area contributed by atoms with Gasteiger partial charge in [0, 0.05) is 11.6 Å². The van der Waals surface area contributed by atoms with Gasteiger partial charge in [0.15, 0.2) is 0 Å². The van der Waals surface area contributed by atoms with E-state index >= 15 is 0 Å². The first-order chi connectivity index (χ1) is 6.05. The molecule has 1 heterocycles. The maximum atomic E-state index is 11.1. The largest absolute Gasteiger partial charge is 0.248 e. The smallest absolute Gasteiger partial charge is 0.222 e. The molecule has 1 N–H and O–H groups in total. The first-order valence-electron chi connectivity index (χ1n) is 3.50. The molecule has 0 aliphatic heterocycles. The van der Waals surface area contributed by atoms with Gasteiger partial charge in [0.25, 0.3) is 0 Å². The lowest BCUT2D eigenvalue weighted by Gasteiger charge is -2.09. The Morgan fingerprint density at radius 3 is 2.92 bits per heavy atom. The van der Waals surface area contributed by atoms with E-state index in [2.05, 4.69) is 25.6 Å². The van der Waals surface area contributed by atoms with Crippen molar-refractivity contribution in [2.75, 3.05) is 4.66 Å². The second-order valence-electron chi connectivity index (χ2n) is 2.43. The zero-order valence-corrected chi connectivity index (χ0v) is 10.1. The molecule has 0 aliphatic rings. The topological polar surface area (TPSA) is 59.1 Å². The number of sulfonamides is 1. The van der Waals surface area contributed by atoms with E-state index in [4.69, 9.17) is 0 Å². The predicted molar refractivity (Wildman–Crippen MR) is 56.4 cm³/mol. The van der Waals surface area contributed by atoms with E-state index in [1.54, 1.807) is 13.1 Å². The fourth-order valence-corrected chi connectivity index (χ4v) is 2.63. The molecule has 0 aromatic carbocycles. The van der Waals surface area contributed by atoms with E-state index in [1.165, 1.54) is 11.3 Å². The minimum atomic E-state index is -3.21. The second-order valence-corrected chi connectivity index (χ2v) is 6.42. The van der Waals surface area contributed by atoms with Gasteiger partial charge in [-0.2, -0.15) is 0 Å². The number of hydrogen-bond acceptors (Lipinski definition) is 4. The van der Waals surface area contributed by atoms with Crippen molar-refractivity contribution in [1.29, 1.82) is 0 Å². The Balaban J connectivity index is 2.67. The highest BCUT2D eigenvalue weighted by Gasteiger charge is 2.15. The summed E-state index contributed by atoms with van der Waals surface area (Å²) in [6, 6.07) is -0.262. The molecule has 74 valence electrons. The van der Waals surface area contributed by atoms with Crippen LogP contribution >= 0.6 is 27.3 Å². The Morgan fingerprint density at radius 2 is 2.46 bits per heavy atom. The quantitative estimate of drug-likeness (QED) is 0.852. The van der Waals surface area contributed by atoms with Gasteiger partial charge in [0.2, 0.25) is 10.0 Å². The zero-order chi connectivity index (χ0) is 9.90. The Morgan fingerprint density at radius 1 is 1.77 bits per heavy atom. The van der Waals surface area contributed by atoms with Crippen molar-refractivity contribution in [3.63, 3.8) is 0 Å². The van der Waals surface area contributed by atoms with E-state index in [1.807, 2.05) is 5.38 Å². The molecular formula is C6H9BrN2O2S2. The van der Waals surface area contributed by atoms with Gasteiger partial charge in [-0.15, -0.1) is 11.3 Å². The number of rotatable bonds is 4. The van der Waals surface area contributed by atoms with E-state index in [0.29, 0.717) is 0 Å². The number of alkyl halides is 1. The molecule has 0 amide bonds. The third-order valence-corrected chi connectivity index (χ3v) is 5.09. The first-order valence-corrected chi connectivity index (χ1v) is 7.16. The maximum Gasteiger partial charge on any atom is 0.222 e. The van der Waals surface area contributed by atoms with Crippen molar-refractivity contribution in [3.05, 3.63) is 16.6 Å². The van der Waals surface area contributed by atoms with Crippen molar-refractivity contribution in [1.82, 2.24) is 9.71 Å². The van der Waals surface area contributed by atoms with Crippen LogP contribution in [0.5, 0.6) is 0 Å². The number of nitrogens with zero attached hydrogens (tertiary/aromatic N) is 1. The van der Waals surface area contributed by atoms with Crippen LogP contribution in [0.3, 0.4) is 0 Å². The third-order valence-electron chi connectivity index (χ3n) is 1.32. The van der Waals surface area contributed by atoms with Crippen LogP contribution in [0.25, 0.3) is 0 Å². The van der Waals surface area contributed by atoms with Crippen LogP contribution in [0.15, 0.2) is 11.6 Å². The molecule has 0 bridgehead atoms. The van der Waals surface area contributed by atoms with Crippen LogP contribution in [-0.4, -0.2) is 18.1 Å². The summed E-state index contributed by atoms with van der Waals surface area (Å²) in [7, 11) is -3.21. The average Bonchev–Trinajstić information content (AvgIpc) is 2.55. The molecule has 0 spiro atoms. The Kier molecular flexibility index (Phi) is 3.84. The number of thiazole rings is 1. The number of halogens is 1. The fourth-order valence-electron chi connectivity index (χ4n) is 0.800. The molecule has 1 aromatic heterocycles. The number of hydrogen-bond donors (Lipinski definition) is 1. The monoisotopic (exact) mass is 284 g/mol. The van der Waals surface area contributed by atoms with Gasteiger partial charge in [-0.3, -0.25) is 0 Å². The highest BCUT2D eigenvalue weighted by molar-refractivity contribution is 9.10. The molecule has 1 atom stereocenters. The lowest BCUT2D eigenvalue weighted by atomic mass is 10.4. The summed E-state index contributed by atoms with van der Waals surface area (Å²) in [4.78, 5) is 4.01. The molecule has 0 fully saturated rings. The SMILES string of the molecule is CC(NS(=O)(=O)CBr)c1nccs1. The average molecular weight is 285 g/mol. The van der Waals surface area contributed by atoms with Gasteiger partial charge in [-0.05, 0) is 6.92 Å². The lowest BCUT2D eigenvalue weighted by molar-refractivity contribution is 0.571. The molecular weight excluding hydrogens is 276 g/mol. The Hall–Kier alpha value is 0.0200. The Bertz CT molecular complexity index is 349. The molecule has 0 saturated heterocycles. The van der Waals surface area contributed by atoms with Gasteiger partial charge in [-0.1, -0.05) is 15.9 Å². The summed E-state index contributed by atoms with van der Waals surface area (Å²) < 4.78 is 24.6. The standard InChI is InChI=1S/C6H9BrN2O2S2/c1-5(6-8-2-3-12-6)9-13(10,11)4-7/h2-3,5,9H,4H2,1H3. The molecule has 0 radical (unpaired) electrons. The van der Waals surface area contributed by atoms with Gasteiger partial charge in [0.05, 0.1) is 6.04 Å². The zero-order valence-electron chi connectivity index (χ0n) is 6.90. The normalized spacial score (nSPS) is 14.3. The molecule has 0 aliphatic carbocycles. The maximum absolute atomic E-state index is 11.1. The van der Waals surface area contributed by atoms with E-state index < -0.39 is 10.0 Å². The molecule has 1 aromatic rings. The summed E-state index contributed by atoms with van der Waals surface area (Å²) in [6.45, 7) is 1.76. The van der Waals surface area contributed by atoms with Crippen LogP contribution in [0.2, 0.25) is 0 Å². The van der Waals surface area contributed by atoms with Gasteiger partial charge >= 0.3 is 0 Å². The molecule has 1 unspecified atom stereocenters. The summed E-state index contributed by atoms with van der Waals surface area (Å²) in [5, 5.41) is 2.58. The fraction of sp³-hybridized carbons (Fsp3) is 0.500. The highest BCUT2D eigenvalue weighted by Crippen LogP contribution is 2.15. The molecule has 0 saturated carbocycles. The highest BCUT2D eigenvalue weighted by atomic mass is 79.9. The van der Waals surface area contributed by atoms with Crippen LogP contribution in [0.4, 0.5) is 0 Å². The molecule has 13 heavy (non-hydrogen) atoms. The molecule has 7 heteroatoms. The minimum Gasteiger partial charge on any atom is -0.248 e. The van der Waals surface area contributed by atoms with Crippen LogP contribution in [0.1, 0.15) is 18.0 Å². The van der Waals surface area contributed by atoms with E-state index in [-0.39, 0.29) is 10.7 Å². The van der Waals surface area contributed by atoms with Gasteiger partial charge in [0.1, 0.15) is 9.67 Å². The van der Waals surface area contributed by atoms with Crippen LogP contribution in [-0.2, 0) is 10.0 Å². The Labute approximate surface area is 89.6 Å². The van der Waals surface area contributed by atoms with E-state index in [9.17, 15) is 8.42 Å². The van der Waals surface area contributed by atoms with Crippen molar-refractivity contribution < 1.29 is 8.42 Å². The third kappa shape index (κ3) is 3.34. The number of aromatic nitrogens is 1. The van der Waals surface area contributed by atoms with Gasteiger partial charge < -0.3 is 0 Å². The van der Waals surface area contributed by atoms with Crippen molar-refractivity contribution >= 4 is 37.3 Å². The van der Waals surface area contributed by atoms with E-state index in [0.717, 1.165) is 5.01 Å². The summed E-state index contributed by atoms with van der Waals surface area (Å²) in [5.41, 5.74) is 0. The second kappa shape index (κ2) is 4.50. The van der Waals surface area contributed by atoms with Crippen LogP contribution in [0, 0.1) is 0 Å². The molecule has 1 rings (SSSR count). The van der Waals surface area contributed by atoms with Gasteiger partial charge in [-0.25, -0.2) is 18.1 Å². The van der Waals surface area contributed by atoms with Crippen molar-refractivity contribution in [3.8, 4) is 0 Å². The van der Waals surface area contributed by atoms with Crippen molar-refractivity contribution in [2.24, 2.45) is 0 Å². The number of nitrogens with one attached hydrogen (secondary N) is 1. The van der Waals surface area contributed by atoms with Crippen molar-refractivity contribution in [2.45, 2.75) is 13.0 Å². The van der Waals surface area contributed by atoms with Crippen LogP contribution < -0.4 is 4.72 Å². The molecule has 4 nitrogen and oxygen atoms in total. The summed E-state index contributed by atoms with van der Waals surface area (Å²) in [6.07, 6.45) is 1.65. The summed E-state index contributed by atoms with van der Waals surface area (Å²) in [5.74, 6) is 0. The lowest BCUT2D eigenvalue weighted by Crippen LogP contribution is -2.27. The predicted octanol–water partition coefficient (Wildman–Crippen LogP) is 1.48.